The molecule has 0 bridgehead atoms. The Morgan fingerprint density at radius 3 is 2.53 bits per heavy atom. The van der Waals surface area contributed by atoms with Gasteiger partial charge in [-0.1, -0.05) is 6.07 Å². The fourth-order valence-corrected chi connectivity index (χ4v) is 2.21. The zero-order valence-electron chi connectivity index (χ0n) is 8.94. The summed E-state index contributed by atoms with van der Waals surface area (Å²) in [6.45, 7) is 5.78. The number of hydrogen-bond acceptors (Lipinski definition) is 1. The van der Waals surface area contributed by atoms with Crippen LogP contribution in [0.4, 0.5) is 0 Å². The van der Waals surface area contributed by atoms with Gasteiger partial charge in [0.1, 0.15) is 0 Å². The molecular weight excluding hydrogens is 254 g/mol. The second-order valence-corrected chi connectivity index (χ2v) is 4.67. The van der Waals surface area contributed by atoms with E-state index in [-0.39, 0.29) is 5.43 Å². The average molecular weight is 266 g/mol. The van der Waals surface area contributed by atoms with Gasteiger partial charge in [-0.05, 0) is 48.3 Å². The van der Waals surface area contributed by atoms with Crippen LogP contribution in [-0.4, -0.2) is 4.98 Å². The van der Waals surface area contributed by atoms with E-state index in [0.29, 0.717) is 0 Å². The largest absolute Gasteiger partial charge is 0.358 e. The lowest BCUT2D eigenvalue weighted by molar-refractivity contribution is 1.17. The van der Waals surface area contributed by atoms with Crippen molar-refractivity contribution in [2.75, 3.05) is 0 Å². The van der Waals surface area contributed by atoms with Gasteiger partial charge in [-0.25, -0.2) is 0 Å². The van der Waals surface area contributed by atoms with Crippen molar-refractivity contribution in [3.63, 3.8) is 0 Å². The lowest BCUT2D eigenvalue weighted by atomic mass is 10.1. The van der Waals surface area contributed by atoms with Crippen LogP contribution in [0.3, 0.4) is 0 Å². The molecule has 2 nitrogen and oxygen atoms in total. The lowest BCUT2D eigenvalue weighted by Gasteiger charge is -2.07. The highest BCUT2D eigenvalue weighted by Crippen LogP contribution is 2.23. The van der Waals surface area contributed by atoms with E-state index in [2.05, 4.69) is 20.9 Å². The van der Waals surface area contributed by atoms with Crippen LogP contribution in [0.25, 0.3) is 10.9 Å². The molecule has 0 atom stereocenters. The molecule has 1 heterocycles. The molecule has 0 radical (unpaired) electrons. The van der Waals surface area contributed by atoms with Crippen LogP contribution in [0.5, 0.6) is 0 Å². The fourth-order valence-electron chi connectivity index (χ4n) is 1.70. The van der Waals surface area contributed by atoms with Crippen LogP contribution < -0.4 is 5.43 Å². The zero-order valence-corrected chi connectivity index (χ0v) is 10.5. The third-order valence-corrected chi connectivity index (χ3v) is 3.47. The highest BCUT2D eigenvalue weighted by atomic mass is 79.9. The summed E-state index contributed by atoms with van der Waals surface area (Å²) in [5.74, 6) is 0. The molecule has 1 aromatic heterocycles. The van der Waals surface area contributed by atoms with Crippen molar-refractivity contribution in [1.29, 1.82) is 0 Å². The number of nitrogens with one attached hydrogen (secondary N) is 1. The Kier molecular flexibility index (Phi) is 2.43. The van der Waals surface area contributed by atoms with Crippen LogP contribution in [0, 0.1) is 20.8 Å². The van der Waals surface area contributed by atoms with E-state index in [9.17, 15) is 4.79 Å². The van der Waals surface area contributed by atoms with Gasteiger partial charge in [-0.15, -0.1) is 0 Å². The molecule has 3 heteroatoms. The third-order valence-electron chi connectivity index (χ3n) is 2.81. The molecular formula is C12H12BrNO. The quantitative estimate of drug-likeness (QED) is 0.780. The van der Waals surface area contributed by atoms with Crippen molar-refractivity contribution in [2.24, 2.45) is 0 Å². The molecule has 0 saturated heterocycles. The van der Waals surface area contributed by atoms with E-state index in [1.807, 2.05) is 32.9 Å². The van der Waals surface area contributed by atoms with E-state index in [1.54, 1.807) is 0 Å². The van der Waals surface area contributed by atoms with E-state index >= 15 is 0 Å². The van der Waals surface area contributed by atoms with Gasteiger partial charge in [-0.3, -0.25) is 4.79 Å². The highest BCUT2D eigenvalue weighted by Gasteiger charge is 2.09. The number of fused-ring (bicyclic) bond motifs is 1. The molecule has 1 aromatic carbocycles. The number of hydrogen-bond donors (Lipinski definition) is 1. The minimum Gasteiger partial charge on any atom is -0.358 e. The zero-order chi connectivity index (χ0) is 11.2. The summed E-state index contributed by atoms with van der Waals surface area (Å²) in [7, 11) is 0. The van der Waals surface area contributed by atoms with Crippen molar-refractivity contribution in [1.82, 2.24) is 4.98 Å². The number of H-pyrrole nitrogens is 1. The van der Waals surface area contributed by atoms with Gasteiger partial charge in [0.15, 0.2) is 5.43 Å². The van der Waals surface area contributed by atoms with E-state index < -0.39 is 0 Å². The molecule has 15 heavy (non-hydrogen) atoms. The number of aromatic amines is 1. The number of benzene rings is 1. The maximum absolute atomic E-state index is 12.1. The normalized spacial score (nSPS) is 10.9. The molecule has 0 amide bonds. The van der Waals surface area contributed by atoms with Crippen molar-refractivity contribution in [3.05, 3.63) is 43.6 Å². The summed E-state index contributed by atoms with van der Waals surface area (Å²) in [5.41, 5.74) is 3.85. The van der Waals surface area contributed by atoms with Gasteiger partial charge in [0, 0.05) is 15.7 Å². The molecule has 0 aliphatic rings. The molecule has 0 aliphatic heterocycles. The van der Waals surface area contributed by atoms with E-state index in [1.165, 1.54) is 0 Å². The summed E-state index contributed by atoms with van der Waals surface area (Å²) < 4.78 is 0.854. The van der Waals surface area contributed by atoms with Gasteiger partial charge >= 0.3 is 0 Å². The average Bonchev–Trinajstić information content (AvgIpc) is 2.20. The van der Waals surface area contributed by atoms with Gasteiger partial charge in [0.2, 0.25) is 0 Å². The number of pyridine rings is 1. The summed E-state index contributed by atoms with van der Waals surface area (Å²) in [6.07, 6.45) is 0. The third kappa shape index (κ3) is 1.51. The summed E-state index contributed by atoms with van der Waals surface area (Å²) >= 11 is 3.42. The number of rotatable bonds is 0. The molecule has 1 N–H and O–H groups in total. The number of aromatic nitrogens is 1. The monoisotopic (exact) mass is 265 g/mol. The Morgan fingerprint density at radius 1 is 1.20 bits per heavy atom. The highest BCUT2D eigenvalue weighted by molar-refractivity contribution is 9.10. The predicted octanol–water partition coefficient (Wildman–Crippen LogP) is 3.22. The maximum Gasteiger partial charge on any atom is 0.193 e. The van der Waals surface area contributed by atoms with Gasteiger partial charge in [0.25, 0.3) is 0 Å². The molecule has 0 saturated carbocycles. The first-order valence-electron chi connectivity index (χ1n) is 4.80. The first kappa shape index (κ1) is 10.4. The Labute approximate surface area is 96.5 Å². The van der Waals surface area contributed by atoms with Crippen LogP contribution in [0.15, 0.2) is 21.4 Å². The Bertz CT molecular complexity index is 599. The molecule has 0 fully saturated rings. The summed E-state index contributed by atoms with van der Waals surface area (Å²) in [5, 5.41) is 0.748. The molecule has 0 unspecified atom stereocenters. The van der Waals surface area contributed by atoms with E-state index in [4.69, 9.17) is 0 Å². The van der Waals surface area contributed by atoms with Crippen molar-refractivity contribution >= 4 is 26.8 Å². The molecule has 0 aliphatic carbocycles. The summed E-state index contributed by atoms with van der Waals surface area (Å²) in [4.78, 5) is 15.4. The van der Waals surface area contributed by atoms with Gasteiger partial charge < -0.3 is 4.98 Å². The van der Waals surface area contributed by atoms with Gasteiger partial charge in [0.05, 0.1) is 10.9 Å². The van der Waals surface area contributed by atoms with Crippen LogP contribution in [0.1, 0.15) is 16.8 Å². The predicted molar refractivity (Wildman–Crippen MR) is 66.5 cm³/mol. The topological polar surface area (TPSA) is 32.9 Å². The lowest BCUT2D eigenvalue weighted by Crippen LogP contribution is -2.10. The maximum atomic E-state index is 12.1. The van der Waals surface area contributed by atoms with Crippen LogP contribution in [0.2, 0.25) is 0 Å². The minimum absolute atomic E-state index is 0.108. The molecule has 2 rings (SSSR count). The van der Waals surface area contributed by atoms with Crippen LogP contribution in [-0.2, 0) is 0 Å². The van der Waals surface area contributed by atoms with Crippen molar-refractivity contribution < 1.29 is 0 Å². The molecule has 2 aromatic rings. The molecule has 0 spiro atoms. The van der Waals surface area contributed by atoms with Gasteiger partial charge in [-0.2, -0.15) is 0 Å². The Balaban J connectivity index is 3.12. The first-order chi connectivity index (χ1) is 7.02. The first-order valence-corrected chi connectivity index (χ1v) is 5.60. The number of halogens is 1. The van der Waals surface area contributed by atoms with Crippen molar-refractivity contribution in [2.45, 2.75) is 20.8 Å². The number of aryl methyl sites for hydroxylation is 2. The fraction of sp³-hybridized carbons (Fsp3) is 0.250. The summed E-state index contributed by atoms with van der Waals surface area (Å²) in [6, 6.07) is 3.92. The SMILES string of the molecule is Cc1[nH]c2c(C)ccc(Br)c2c(=O)c1C. The Morgan fingerprint density at radius 2 is 1.87 bits per heavy atom. The van der Waals surface area contributed by atoms with E-state index in [0.717, 1.165) is 32.2 Å². The smallest absolute Gasteiger partial charge is 0.193 e. The Hall–Kier alpha value is -1.09. The second-order valence-electron chi connectivity index (χ2n) is 3.82. The minimum atomic E-state index is 0.108. The van der Waals surface area contributed by atoms with Crippen molar-refractivity contribution in [3.8, 4) is 0 Å². The van der Waals surface area contributed by atoms with Crippen LogP contribution >= 0.6 is 15.9 Å². The second kappa shape index (κ2) is 3.49. The standard InChI is InChI=1S/C12H12BrNO/c1-6-4-5-9(13)10-11(6)14-8(3)7(2)12(10)15/h4-5H,1-3H3,(H,14,15). The molecule has 78 valence electrons.